The van der Waals surface area contributed by atoms with E-state index < -0.39 is 0 Å². The van der Waals surface area contributed by atoms with Crippen LogP contribution < -0.4 is 4.74 Å². The van der Waals surface area contributed by atoms with Crippen LogP contribution in [0.4, 0.5) is 0 Å². The van der Waals surface area contributed by atoms with Crippen molar-refractivity contribution in [2.75, 3.05) is 7.11 Å². The first kappa shape index (κ1) is 22.4. The second-order valence-corrected chi connectivity index (χ2v) is 12.0. The Morgan fingerprint density at radius 3 is 2.02 bits per heavy atom. The third-order valence-corrected chi connectivity index (χ3v) is 10.2. The molecule has 0 saturated heterocycles. The summed E-state index contributed by atoms with van der Waals surface area (Å²) >= 11 is 0. The van der Waals surface area contributed by atoms with Crippen LogP contribution in [0.3, 0.4) is 0 Å². The molecule has 0 unspecified atom stereocenters. The molecule has 0 saturated carbocycles. The van der Waals surface area contributed by atoms with Gasteiger partial charge in [-0.25, -0.2) is 4.79 Å². The van der Waals surface area contributed by atoms with Gasteiger partial charge in [0.2, 0.25) is 0 Å². The molecule has 3 heterocycles. The summed E-state index contributed by atoms with van der Waals surface area (Å²) in [6.45, 7) is 0.295. The van der Waals surface area contributed by atoms with E-state index in [9.17, 15) is 4.79 Å². The summed E-state index contributed by atoms with van der Waals surface area (Å²) in [5.74, 6) is 0.598. The van der Waals surface area contributed by atoms with E-state index in [1.165, 1.54) is 65.2 Å². The first-order valence-corrected chi connectivity index (χ1v) is 14.8. The van der Waals surface area contributed by atoms with Crippen molar-refractivity contribution in [3.63, 3.8) is 0 Å². The maximum Gasteiger partial charge on any atom is 0.338 e. The second-order valence-electron chi connectivity index (χ2n) is 12.0. The molecule has 8 aromatic rings. The molecule has 0 amide bonds. The van der Waals surface area contributed by atoms with E-state index in [1.54, 1.807) is 7.11 Å². The van der Waals surface area contributed by atoms with Gasteiger partial charge >= 0.3 is 5.97 Å². The number of carbonyl (C=O) groups excluding carboxylic acids is 1. The molecule has 43 heavy (non-hydrogen) atoms. The van der Waals surface area contributed by atoms with Crippen molar-refractivity contribution in [2.24, 2.45) is 0 Å². The van der Waals surface area contributed by atoms with Crippen LogP contribution in [-0.4, -0.2) is 13.1 Å². The summed E-state index contributed by atoms with van der Waals surface area (Å²) in [5, 5.41) is 14.6. The van der Waals surface area contributed by atoms with E-state index >= 15 is 0 Å². The topological polar surface area (TPSA) is 44.8 Å². The molecule has 2 bridgehead atoms. The van der Waals surface area contributed by atoms with Crippen molar-refractivity contribution in [1.82, 2.24) is 0 Å². The van der Waals surface area contributed by atoms with Gasteiger partial charge < -0.3 is 14.2 Å². The van der Waals surface area contributed by atoms with E-state index in [1.807, 2.05) is 0 Å². The molecule has 0 fully saturated rings. The summed E-state index contributed by atoms with van der Waals surface area (Å²) in [6, 6.07) is 28.0. The molecular formula is C39H22O4. The van der Waals surface area contributed by atoms with Crippen LogP contribution in [0.15, 0.2) is 91.0 Å². The fourth-order valence-electron chi connectivity index (χ4n) is 8.66. The molecule has 3 aliphatic heterocycles. The Balaban J connectivity index is 1.53. The predicted octanol–water partition coefficient (Wildman–Crippen LogP) is 9.51. The van der Waals surface area contributed by atoms with Gasteiger partial charge in [-0.05, 0) is 105 Å². The van der Waals surface area contributed by atoms with E-state index in [4.69, 9.17) is 14.2 Å². The van der Waals surface area contributed by atoms with Crippen LogP contribution in [0.25, 0.3) is 75.8 Å². The van der Waals surface area contributed by atoms with Crippen LogP contribution in [0, 0.1) is 0 Å². The molecule has 3 aliphatic rings. The molecule has 8 aromatic carbocycles. The molecule has 0 spiro atoms. The second kappa shape index (κ2) is 7.41. The number of carbonyl (C=O) groups is 1. The van der Waals surface area contributed by atoms with E-state index in [2.05, 4.69) is 91.0 Å². The summed E-state index contributed by atoms with van der Waals surface area (Å²) < 4.78 is 17.9. The summed E-state index contributed by atoms with van der Waals surface area (Å²) in [7, 11) is 1.71. The van der Waals surface area contributed by atoms with Crippen molar-refractivity contribution in [2.45, 2.75) is 18.8 Å². The molecule has 2 atom stereocenters. The number of ether oxygens (including phenoxy) is 3. The molecule has 202 valence electrons. The maximum absolute atomic E-state index is 13.1. The number of cyclic esters (lactones) is 1. The highest BCUT2D eigenvalue weighted by Crippen LogP contribution is 2.61. The molecule has 11 rings (SSSR count). The minimum absolute atomic E-state index is 0.0890. The van der Waals surface area contributed by atoms with Crippen molar-refractivity contribution >= 4 is 70.6 Å². The molecule has 0 radical (unpaired) electrons. The molecule has 0 aromatic heterocycles. The fraction of sp³-hybridized carbons (Fsp3) is 0.103. The predicted molar refractivity (Wildman–Crippen MR) is 171 cm³/mol. The molecular weight excluding hydrogens is 532 g/mol. The first-order valence-electron chi connectivity index (χ1n) is 14.8. The lowest BCUT2D eigenvalue weighted by Gasteiger charge is -2.21. The van der Waals surface area contributed by atoms with Gasteiger partial charge in [0.05, 0.1) is 12.7 Å². The Labute approximate surface area is 245 Å². The number of esters is 1. The highest BCUT2D eigenvalue weighted by atomic mass is 16.5. The summed E-state index contributed by atoms with van der Waals surface area (Å²) in [4.78, 5) is 13.1. The van der Waals surface area contributed by atoms with Crippen LogP contribution in [0.2, 0.25) is 0 Å². The minimum atomic E-state index is -0.235. The molecule has 4 heteroatoms. The first-order chi connectivity index (χ1) is 21.2. The number of benzene rings is 6. The molecule has 0 N–H and O–H groups in total. The van der Waals surface area contributed by atoms with E-state index in [0.717, 1.165) is 33.0 Å². The average Bonchev–Trinajstić information content (AvgIpc) is 3.87. The van der Waals surface area contributed by atoms with Crippen LogP contribution >= 0.6 is 0 Å². The normalized spacial score (nSPS) is 18.8. The maximum atomic E-state index is 13.1. The number of fused-ring (bicyclic) bond motifs is 16. The smallest absolute Gasteiger partial charge is 0.338 e. The summed E-state index contributed by atoms with van der Waals surface area (Å²) in [5.41, 5.74) is 6.61. The number of rotatable bonds is 2. The standard InChI is InChI=1S/C39H22O4/c1-41-19-12-10-18(11-13-19)29-35-27-14-15-28(43-27)36(35)32-23-9-5-4-8-22(23)31-34-26-17-42-39(40)25(26)16-24-20-6-2-3-7-21(20)30(33(24)34)37(29)38(31)32/h2-16,27-28H,17H2,1H3/t27-,28+/m1/s1. The minimum Gasteiger partial charge on any atom is -0.497 e. The Bertz CT molecular complexity index is 2590. The van der Waals surface area contributed by atoms with Crippen LogP contribution in [-0.2, 0) is 16.1 Å². The Morgan fingerprint density at radius 1 is 0.651 bits per heavy atom. The van der Waals surface area contributed by atoms with Crippen LogP contribution in [0.5, 0.6) is 5.75 Å². The SMILES string of the molecule is COc1ccc(-c2c3c(c4c5ccccc5c5c6c7c(cc8c9ccccc9c(c2c45)c86)C(=O)OC7)[C@@H]2C=C[C@H]3O2)cc1. The Kier molecular flexibility index (Phi) is 3.86. The van der Waals surface area contributed by atoms with Gasteiger partial charge in [-0.1, -0.05) is 72.8 Å². The fourth-order valence-corrected chi connectivity index (χ4v) is 8.66. The number of methoxy groups -OCH3 is 1. The van der Waals surface area contributed by atoms with Gasteiger partial charge in [0, 0.05) is 5.56 Å². The van der Waals surface area contributed by atoms with Gasteiger partial charge in [-0.2, -0.15) is 0 Å². The lowest BCUT2D eigenvalue weighted by Crippen LogP contribution is -2.00. The summed E-state index contributed by atoms with van der Waals surface area (Å²) in [6.07, 6.45) is 4.24. The zero-order valence-electron chi connectivity index (χ0n) is 23.2. The quantitative estimate of drug-likeness (QED) is 0.121. The largest absolute Gasteiger partial charge is 0.497 e. The van der Waals surface area contributed by atoms with Gasteiger partial charge in [-0.15, -0.1) is 0 Å². The van der Waals surface area contributed by atoms with E-state index in [-0.39, 0.29) is 18.2 Å². The molecule has 0 aliphatic carbocycles. The Morgan fingerprint density at radius 2 is 1.28 bits per heavy atom. The van der Waals surface area contributed by atoms with E-state index in [0.29, 0.717) is 12.2 Å². The third kappa shape index (κ3) is 2.45. The van der Waals surface area contributed by atoms with Crippen molar-refractivity contribution in [3.8, 4) is 16.9 Å². The lowest BCUT2D eigenvalue weighted by molar-refractivity contribution is 0.0535. The molecule has 4 nitrogen and oxygen atoms in total. The average molecular weight is 555 g/mol. The number of hydrogen-bond acceptors (Lipinski definition) is 4. The van der Waals surface area contributed by atoms with Crippen molar-refractivity contribution in [3.05, 3.63) is 113 Å². The third-order valence-electron chi connectivity index (χ3n) is 10.2. The van der Waals surface area contributed by atoms with Crippen molar-refractivity contribution in [1.29, 1.82) is 0 Å². The van der Waals surface area contributed by atoms with Gasteiger partial charge in [0.1, 0.15) is 24.6 Å². The monoisotopic (exact) mass is 554 g/mol. The van der Waals surface area contributed by atoms with Crippen LogP contribution in [0.1, 0.15) is 39.3 Å². The van der Waals surface area contributed by atoms with Gasteiger partial charge in [0.25, 0.3) is 0 Å². The van der Waals surface area contributed by atoms with Gasteiger partial charge in [0.15, 0.2) is 0 Å². The van der Waals surface area contributed by atoms with Gasteiger partial charge in [-0.3, -0.25) is 0 Å². The number of hydrogen-bond donors (Lipinski definition) is 0. The Hall–Kier alpha value is -5.19. The van der Waals surface area contributed by atoms with Crippen molar-refractivity contribution < 1.29 is 19.0 Å². The zero-order chi connectivity index (χ0) is 28.1. The highest BCUT2D eigenvalue weighted by Gasteiger charge is 2.41. The zero-order valence-corrected chi connectivity index (χ0v) is 23.2. The lowest BCUT2D eigenvalue weighted by atomic mass is 9.80. The highest BCUT2D eigenvalue weighted by molar-refractivity contribution is 6.50.